The Kier molecular flexibility index (Phi) is 6.14. The molecule has 0 saturated carbocycles. The molecule has 0 spiro atoms. The minimum atomic E-state index is -0.0666. The van der Waals surface area contributed by atoms with Crippen LogP contribution in [0.25, 0.3) is 0 Å². The molecule has 1 atom stereocenters. The van der Waals surface area contributed by atoms with Crippen molar-refractivity contribution in [3.63, 3.8) is 0 Å². The van der Waals surface area contributed by atoms with Gasteiger partial charge in [0.15, 0.2) is 5.13 Å². The number of aromatic nitrogens is 1. The zero-order valence-electron chi connectivity index (χ0n) is 13.2. The van der Waals surface area contributed by atoms with Crippen molar-refractivity contribution in [2.45, 2.75) is 58.7 Å². The topological polar surface area (TPSA) is 57.3 Å². The second-order valence-electron chi connectivity index (χ2n) is 6.00. The molecule has 1 fully saturated rings. The van der Waals surface area contributed by atoms with Gasteiger partial charge in [-0.3, -0.25) is 9.69 Å². The van der Waals surface area contributed by atoms with Crippen molar-refractivity contribution in [2.24, 2.45) is 0 Å². The molecule has 21 heavy (non-hydrogen) atoms. The van der Waals surface area contributed by atoms with Gasteiger partial charge in [0, 0.05) is 37.5 Å². The predicted octanol–water partition coefficient (Wildman–Crippen LogP) is 2.45. The van der Waals surface area contributed by atoms with Gasteiger partial charge in [-0.15, -0.1) is 11.3 Å². The predicted molar refractivity (Wildman–Crippen MR) is 87.6 cm³/mol. The number of rotatable bonds is 6. The van der Waals surface area contributed by atoms with Crippen LogP contribution in [0.3, 0.4) is 0 Å². The molecule has 1 aliphatic heterocycles. The molecule has 2 heterocycles. The molecule has 2 rings (SSSR count). The van der Waals surface area contributed by atoms with Gasteiger partial charge in [-0.2, -0.15) is 0 Å². The molecule has 1 aliphatic rings. The van der Waals surface area contributed by atoms with Gasteiger partial charge in [0.05, 0.1) is 5.69 Å². The van der Waals surface area contributed by atoms with Crippen LogP contribution in [0.15, 0.2) is 5.38 Å². The Hall–Kier alpha value is -0.980. The maximum atomic E-state index is 11.1. The van der Waals surface area contributed by atoms with E-state index >= 15 is 0 Å². The third kappa shape index (κ3) is 5.37. The molecule has 1 aromatic heterocycles. The molecule has 1 amide bonds. The van der Waals surface area contributed by atoms with Gasteiger partial charge in [-0.1, -0.05) is 6.42 Å². The molecule has 5 nitrogen and oxygen atoms in total. The zero-order valence-corrected chi connectivity index (χ0v) is 14.0. The quantitative estimate of drug-likeness (QED) is 0.847. The Morgan fingerprint density at radius 2 is 2.38 bits per heavy atom. The summed E-state index contributed by atoms with van der Waals surface area (Å²) in [5, 5.41) is 9.08. The summed E-state index contributed by atoms with van der Waals surface area (Å²) in [7, 11) is 0. The molecule has 6 heteroatoms. The Balaban J connectivity index is 1.92. The second kappa shape index (κ2) is 7.87. The van der Waals surface area contributed by atoms with Crippen molar-refractivity contribution >= 4 is 22.4 Å². The average Bonchev–Trinajstić information content (AvgIpc) is 2.85. The van der Waals surface area contributed by atoms with Gasteiger partial charge in [-0.05, 0) is 33.2 Å². The third-order valence-corrected chi connectivity index (χ3v) is 4.60. The van der Waals surface area contributed by atoms with Crippen molar-refractivity contribution in [3.8, 4) is 0 Å². The van der Waals surface area contributed by atoms with Gasteiger partial charge >= 0.3 is 0 Å². The van der Waals surface area contributed by atoms with E-state index in [-0.39, 0.29) is 5.91 Å². The van der Waals surface area contributed by atoms with Crippen LogP contribution in [0, 0.1) is 0 Å². The third-order valence-electron chi connectivity index (χ3n) is 3.80. The number of carbonyl (C=O) groups excluding carboxylic acids is 1. The first-order valence-electron chi connectivity index (χ1n) is 7.74. The maximum Gasteiger partial charge on any atom is 0.223 e. The van der Waals surface area contributed by atoms with E-state index in [1.165, 1.54) is 37.5 Å². The monoisotopic (exact) mass is 310 g/mol. The summed E-state index contributed by atoms with van der Waals surface area (Å²) in [6, 6.07) is 1.08. The number of carbonyl (C=O) groups is 1. The van der Waals surface area contributed by atoms with Crippen molar-refractivity contribution < 1.29 is 4.79 Å². The molecule has 118 valence electrons. The summed E-state index contributed by atoms with van der Waals surface area (Å²) in [6.45, 7) is 9.00. The minimum Gasteiger partial charge on any atom is -0.313 e. The van der Waals surface area contributed by atoms with Crippen molar-refractivity contribution in [3.05, 3.63) is 11.1 Å². The summed E-state index contributed by atoms with van der Waals surface area (Å²) in [5.74, 6) is -0.0666. The van der Waals surface area contributed by atoms with Gasteiger partial charge in [0.1, 0.15) is 0 Å². The standard InChI is InChI=1S/C15H26N4OS/c1-11(2)19(8-13-6-4-5-7-16-13)9-14-10-21-15(18-14)17-12(3)20/h10-11,13,16H,4-9H2,1-3H3,(H,17,18,20). The van der Waals surface area contributed by atoms with Gasteiger partial charge in [0.2, 0.25) is 5.91 Å². The Labute approximate surface area is 131 Å². The lowest BCUT2D eigenvalue weighted by molar-refractivity contribution is -0.114. The number of amides is 1. The van der Waals surface area contributed by atoms with Gasteiger partial charge < -0.3 is 10.6 Å². The second-order valence-corrected chi connectivity index (χ2v) is 6.85. The molecule has 0 radical (unpaired) electrons. The van der Waals surface area contributed by atoms with Gasteiger partial charge in [-0.25, -0.2) is 4.98 Å². The van der Waals surface area contributed by atoms with Crippen molar-refractivity contribution in [1.29, 1.82) is 0 Å². The minimum absolute atomic E-state index is 0.0666. The highest BCUT2D eigenvalue weighted by atomic mass is 32.1. The average molecular weight is 310 g/mol. The number of hydrogen-bond acceptors (Lipinski definition) is 5. The summed E-state index contributed by atoms with van der Waals surface area (Å²) in [5.41, 5.74) is 1.04. The fourth-order valence-corrected chi connectivity index (χ4v) is 3.36. The molecule has 0 aromatic carbocycles. The van der Waals surface area contributed by atoms with E-state index in [4.69, 9.17) is 0 Å². The van der Waals surface area contributed by atoms with Crippen LogP contribution in [0.2, 0.25) is 0 Å². The smallest absolute Gasteiger partial charge is 0.223 e. The molecule has 1 aromatic rings. The van der Waals surface area contributed by atoms with E-state index in [9.17, 15) is 4.79 Å². The zero-order chi connectivity index (χ0) is 15.2. The fraction of sp³-hybridized carbons (Fsp3) is 0.733. The number of hydrogen-bond donors (Lipinski definition) is 2. The van der Waals surface area contributed by atoms with E-state index in [1.807, 2.05) is 5.38 Å². The van der Waals surface area contributed by atoms with Crippen LogP contribution in [-0.2, 0) is 11.3 Å². The largest absolute Gasteiger partial charge is 0.313 e. The Morgan fingerprint density at radius 1 is 1.57 bits per heavy atom. The molecular weight excluding hydrogens is 284 g/mol. The SMILES string of the molecule is CC(=O)Nc1nc(CN(CC2CCCCN2)C(C)C)cs1. The highest BCUT2D eigenvalue weighted by molar-refractivity contribution is 7.13. The summed E-state index contributed by atoms with van der Waals surface area (Å²) in [4.78, 5) is 18.0. The van der Waals surface area contributed by atoms with E-state index in [1.54, 1.807) is 0 Å². The first kappa shape index (κ1) is 16.4. The van der Waals surface area contributed by atoms with E-state index in [0.29, 0.717) is 17.2 Å². The summed E-state index contributed by atoms with van der Waals surface area (Å²) >= 11 is 1.49. The molecule has 1 unspecified atom stereocenters. The number of nitrogens with one attached hydrogen (secondary N) is 2. The highest BCUT2D eigenvalue weighted by Crippen LogP contribution is 2.18. The van der Waals surface area contributed by atoms with Crippen molar-refractivity contribution in [1.82, 2.24) is 15.2 Å². The molecule has 2 N–H and O–H groups in total. The van der Waals surface area contributed by atoms with Crippen LogP contribution in [0.4, 0.5) is 5.13 Å². The van der Waals surface area contributed by atoms with E-state index in [2.05, 4.69) is 34.4 Å². The lowest BCUT2D eigenvalue weighted by Gasteiger charge is -2.32. The molecule has 0 bridgehead atoms. The van der Waals surface area contributed by atoms with E-state index in [0.717, 1.165) is 25.3 Å². The number of thiazole rings is 1. The lowest BCUT2D eigenvalue weighted by Crippen LogP contribution is -2.45. The van der Waals surface area contributed by atoms with Crippen molar-refractivity contribution in [2.75, 3.05) is 18.4 Å². The molecular formula is C15H26N4OS. The normalized spacial score (nSPS) is 19.2. The summed E-state index contributed by atoms with van der Waals surface area (Å²) < 4.78 is 0. The first-order valence-corrected chi connectivity index (χ1v) is 8.62. The fourth-order valence-electron chi connectivity index (χ4n) is 2.62. The van der Waals surface area contributed by atoms with Crippen LogP contribution in [0.5, 0.6) is 0 Å². The van der Waals surface area contributed by atoms with Crippen LogP contribution < -0.4 is 10.6 Å². The lowest BCUT2D eigenvalue weighted by atomic mass is 10.0. The van der Waals surface area contributed by atoms with Gasteiger partial charge in [0.25, 0.3) is 0 Å². The summed E-state index contributed by atoms with van der Waals surface area (Å²) in [6.07, 6.45) is 3.88. The number of anilines is 1. The maximum absolute atomic E-state index is 11.1. The van der Waals surface area contributed by atoms with Crippen LogP contribution in [0.1, 0.15) is 45.7 Å². The first-order chi connectivity index (χ1) is 10.0. The Morgan fingerprint density at radius 3 is 3.00 bits per heavy atom. The van der Waals surface area contributed by atoms with Crippen LogP contribution >= 0.6 is 11.3 Å². The number of nitrogens with zero attached hydrogens (tertiary/aromatic N) is 2. The highest BCUT2D eigenvalue weighted by Gasteiger charge is 2.19. The molecule has 1 saturated heterocycles. The number of piperidine rings is 1. The Bertz CT molecular complexity index is 454. The molecule has 0 aliphatic carbocycles. The van der Waals surface area contributed by atoms with Crippen LogP contribution in [-0.4, -0.2) is 41.0 Å². The van der Waals surface area contributed by atoms with E-state index < -0.39 is 0 Å².